The van der Waals surface area contributed by atoms with Crippen molar-refractivity contribution in [2.45, 2.75) is 188 Å². The van der Waals surface area contributed by atoms with Crippen molar-refractivity contribution >= 4 is 11.9 Å². The molecule has 250 valence electrons. The minimum Gasteiger partial charge on any atom is -0.480 e. The molecule has 0 saturated carbocycles. The maximum absolute atomic E-state index is 12.9. The molecule has 6 heteroatoms. The molecular formula is C36H73N3O3. The SMILES string of the molecule is CCCCCCCC/C=C\CCCCCCCC(=O)N(CCCCCCCC)CCCCCCCC.NNCC(=O)O. The average Bonchev–Trinajstić information content (AvgIpc) is 2.97. The van der Waals surface area contributed by atoms with Crippen LogP contribution in [0.25, 0.3) is 0 Å². The maximum atomic E-state index is 12.9. The summed E-state index contributed by atoms with van der Waals surface area (Å²) in [6.45, 7) is 8.63. The third-order valence-corrected chi connectivity index (χ3v) is 7.82. The Hall–Kier alpha value is -1.40. The number of nitrogens with two attached hydrogens (primary N) is 1. The van der Waals surface area contributed by atoms with Crippen LogP contribution in [0.2, 0.25) is 0 Å². The number of hydrogen-bond donors (Lipinski definition) is 3. The van der Waals surface area contributed by atoms with Crippen LogP contribution < -0.4 is 11.3 Å². The highest BCUT2D eigenvalue weighted by molar-refractivity contribution is 5.76. The van der Waals surface area contributed by atoms with Gasteiger partial charge in [-0.3, -0.25) is 15.4 Å². The quantitative estimate of drug-likeness (QED) is 0.0321. The number of rotatable bonds is 31. The fraction of sp³-hybridized carbons (Fsp3) is 0.889. The normalized spacial score (nSPS) is 11.0. The summed E-state index contributed by atoms with van der Waals surface area (Å²) in [6.07, 6.45) is 38.3. The van der Waals surface area contributed by atoms with Crippen molar-refractivity contribution in [1.29, 1.82) is 0 Å². The zero-order valence-corrected chi connectivity index (χ0v) is 28.4. The predicted octanol–water partition coefficient (Wildman–Crippen LogP) is 10.1. The van der Waals surface area contributed by atoms with E-state index in [1.165, 1.54) is 154 Å². The molecule has 0 radical (unpaired) electrons. The summed E-state index contributed by atoms with van der Waals surface area (Å²) in [5, 5.41) is 7.77. The van der Waals surface area contributed by atoms with Crippen LogP contribution in [0.1, 0.15) is 188 Å². The lowest BCUT2D eigenvalue weighted by atomic mass is 10.1. The van der Waals surface area contributed by atoms with Crippen LogP contribution >= 0.6 is 0 Å². The summed E-state index contributed by atoms with van der Waals surface area (Å²) in [7, 11) is 0. The zero-order valence-electron chi connectivity index (χ0n) is 28.4. The molecule has 0 heterocycles. The number of allylic oxidation sites excluding steroid dienone is 2. The van der Waals surface area contributed by atoms with Gasteiger partial charge in [-0.25, -0.2) is 5.43 Å². The third kappa shape index (κ3) is 36.6. The van der Waals surface area contributed by atoms with Gasteiger partial charge < -0.3 is 10.0 Å². The molecule has 42 heavy (non-hydrogen) atoms. The van der Waals surface area contributed by atoms with E-state index in [1.54, 1.807) is 0 Å². The molecule has 0 fully saturated rings. The second kappa shape index (κ2) is 37.6. The molecule has 0 saturated heterocycles. The number of amides is 1. The van der Waals surface area contributed by atoms with Crippen LogP contribution in [0.3, 0.4) is 0 Å². The maximum Gasteiger partial charge on any atom is 0.318 e. The van der Waals surface area contributed by atoms with Gasteiger partial charge in [0.1, 0.15) is 6.54 Å². The number of carboxylic acid groups (broad SMARTS) is 1. The Bertz CT molecular complexity index is 567. The van der Waals surface area contributed by atoms with E-state index in [2.05, 4.69) is 43.7 Å². The molecule has 1 amide bonds. The summed E-state index contributed by atoms with van der Waals surface area (Å²) < 4.78 is 0. The van der Waals surface area contributed by atoms with Crippen molar-refractivity contribution in [3.63, 3.8) is 0 Å². The molecule has 0 aliphatic heterocycles. The van der Waals surface area contributed by atoms with E-state index in [4.69, 9.17) is 5.11 Å². The highest BCUT2D eigenvalue weighted by Crippen LogP contribution is 2.13. The second-order valence-electron chi connectivity index (χ2n) is 12.0. The summed E-state index contributed by atoms with van der Waals surface area (Å²) in [5.41, 5.74) is 1.97. The van der Waals surface area contributed by atoms with Crippen molar-refractivity contribution in [1.82, 2.24) is 10.3 Å². The first-order chi connectivity index (χ1) is 20.5. The van der Waals surface area contributed by atoms with Crippen molar-refractivity contribution < 1.29 is 14.7 Å². The Morgan fingerprint density at radius 2 is 0.929 bits per heavy atom. The lowest BCUT2D eigenvalue weighted by Gasteiger charge is -2.23. The fourth-order valence-electron chi connectivity index (χ4n) is 5.12. The Labute approximate surface area is 262 Å². The van der Waals surface area contributed by atoms with Gasteiger partial charge in [0.15, 0.2) is 0 Å². The third-order valence-electron chi connectivity index (χ3n) is 7.82. The fourth-order valence-corrected chi connectivity index (χ4v) is 5.12. The Morgan fingerprint density at radius 1 is 0.571 bits per heavy atom. The predicted molar refractivity (Wildman–Crippen MR) is 183 cm³/mol. The number of nitrogens with one attached hydrogen (secondary N) is 1. The minimum absolute atomic E-state index is 0.181. The van der Waals surface area contributed by atoms with Crippen LogP contribution in [-0.4, -0.2) is 41.5 Å². The van der Waals surface area contributed by atoms with E-state index >= 15 is 0 Å². The van der Waals surface area contributed by atoms with Crippen LogP contribution in [0.15, 0.2) is 12.2 Å². The largest absolute Gasteiger partial charge is 0.480 e. The van der Waals surface area contributed by atoms with E-state index in [0.717, 1.165) is 25.9 Å². The Balaban J connectivity index is 0. The topological polar surface area (TPSA) is 95.7 Å². The number of hydrazine groups is 1. The summed E-state index contributed by atoms with van der Waals surface area (Å²) in [4.78, 5) is 24.6. The molecule has 0 spiro atoms. The van der Waals surface area contributed by atoms with E-state index < -0.39 is 5.97 Å². The van der Waals surface area contributed by atoms with Crippen LogP contribution in [0.4, 0.5) is 0 Å². The lowest BCUT2D eigenvalue weighted by Crippen LogP contribution is -2.32. The van der Waals surface area contributed by atoms with Gasteiger partial charge in [0.25, 0.3) is 0 Å². The standard InChI is InChI=1S/C34H67NO.C2H6N2O2/c1-4-7-10-13-16-17-18-19-20-21-22-23-24-25-28-31-34(36)35(32-29-26-14-11-8-5-2)33-30-27-15-12-9-6-3;3-4-1-2(5)6/h19-20H,4-18,21-33H2,1-3H3;4H,1,3H2,(H,5,6)/b20-19-;. The van der Waals surface area contributed by atoms with E-state index in [0.29, 0.717) is 5.91 Å². The van der Waals surface area contributed by atoms with Gasteiger partial charge in [0.2, 0.25) is 5.91 Å². The number of carboxylic acids is 1. The number of carbonyl (C=O) groups is 2. The van der Waals surface area contributed by atoms with Gasteiger partial charge in [-0.15, -0.1) is 0 Å². The van der Waals surface area contributed by atoms with Gasteiger partial charge in [-0.05, 0) is 44.9 Å². The van der Waals surface area contributed by atoms with Crippen molar-refractivity contribution in [3.8, 4) is 0 Å². The summed E-state index contributed by atoms with van der Waals surface area (Å²) in [5.74, 6) is 4.08. The lowest BCUT2D eigenvalue weighted by molar-refractivity contribution is -0.136. The number of carbonyl (C=O) groups excluding carboxylic acids is 1. The molecule has 0 aromatic rings. The molecule has 4 N–H and O–H groups in total. The first kappa shape index (κ1) is 42.7. The van der Waals surface area contributed by atoms with E-state index in [-0.39, 0.29) is 6.54 Å². The van der Waals surface area contributed by atoms with Gasteiger partial charge in [0, 0.05) is 19.5 Å². The van der Waals surface area contributed by atoms with Crippen molar-refractivity contribution in [3.05, 3.63) is 12.2 Å². The van der Waals surface area contributed by atoms with Crippen molar-refractivity contribution in [2.24, 2.45) is 5.84 Å². The van der Waals surface area contributed by atoms with Gasteiger partial charge in [-0.2, -0.15) is 0 Å². The Kier molecular flexibility index (Phi) is 38.3. The molecule has 6 nitrogen and oxygen atoms in total. The first-order valence-electron chi connectivity index (χ1n) is 18.1. The van der Waals surface area contributed by atoms with E-state index in [1.807, 2.05) is 5.43 Å². The van der Waals surface area contributed by atoms with Crippen LogP contribution in [0.5, 0.6) is 0 Å². The number of hydrogen-bond acceptors (Lipinski definition) is 4. The molecule has 0 atom stereocenters. The molecule has 0 bridgehead atoms. The second-order valence-corrected chi connectivity index (χ2v) is 12.0. The van der Waals surface area contributed by atoms with Crippen LogP contribution in [0, 0.1) is 0 Å². The highest BCUT2D eigenvalue weighted by Gasteiger charge is 2.12. The molecule has 0 rings (SSSR count). The Morgan fingerprint density at radius 3 is 1.29 bits per heavy atom. The molecule has 0 aromatic carbocycles. The molecule has 0 aliphatic rings. The van der Waals surface area contributed by atoms with E-state index in [9.17, 15) is 9.59 Å². The monoisotopic (exact) mass is 596 g/mol. The molecule has 0 aliphatic carbocycles. The summed E-state index contributed by atoms with van der Waals surface area (Å²) in [6, 6.07) is 0. The average molecular weight is 596 g/mol. The number of aliphatic carboxylic acids is 1. The number of nitrogens with zero attached hydrogens (tertiary/aromatic N) is 1. The molecular weight excluding hydrogens is 522 g/mol. The van der Waals surface area contributed by atoms with Gasteiger partial charge in [-0.1, -0.05) is 148 Å². The summed E-state index contributed by atoms with van der Waals surface area (Å²) >= 11 is 0. The molecule has 0 aromatic heterocycles. The zero-order chi connectivity index (χ0) is 31.4. The highest BCUT2D eigenvalue weighted by atomic mass is 16.4. The first-order valence-corrected chi connectivity index (χ1v) is 18.1. The van der Waals surface area contributed by atoms with Gasteiger partial charge in [0.05, 0.1) is 0 Å². The number of unbranched alkanes of at least 4 members (excludes halogenated alkanes) is 21. The van der Waals surface area contributed by atoms with Crippen LogP contribution in [-0.2, 0) is 9.59 Å². The molecule has 0 unspecified atom stereocenters. The minimum atomic E-state index is -0.947. The van der Waals surface area contributed by atoms with Gasteiger partial charge >= 0.3 is 5.97 Å². The smallest absolute Gasteiger partial charge is 0.318 e. The van der Waals surface area contributed by atoms with Crippen molar-refractivity contribution in [2.75, 3.05) is 19.6 Å².